The highest BCUT2D eigenvalue weighted by Gasteiger charge is 2.19. The zero-order valence-electron chi connectivity index (χ0n) is 19.5. The monoisotopic (exact) mass is 595 g/mol. The van der Waals surface area contributed by atoms with E-state index in [1.807, 2.05) is 6.07 Å². The van der Waals surface area contributed by atoms with Crippen LogP contribution in [0.2, 0.25) is 15.1 Å². The molecule has 0 atom stereocenters. The number of benzene rings is 2. The Morgan fingerprint density at radius 2 is 1.92 bits per heavy atom. The van der Waals surface area contributed by atoms with E-state index in [4.69, 9.17) is 49.2 Å². The molecule has 4 rings (SSSR count). The van der Waals surface area contributed by atoms with Gasteiger partial charge in [-0.2, -0.15) is 5.26 Å². The van der Waals surface area contributed by atoms with Gasteiger partial charge in [0.15, 0.2) is 11.6 Å². The minimum absolute atomic E-state index is 0.00965. The third-order valence-electron chi connectivity index (χ3n) is 5.02. The van der Waals surface area contributed by atoms with Crippen molar-refractivity contribution >= 4 is 50.5 Å². The van der Waals surface area contributed by atoms with Gasteiger partial charge in [0.05, 0.1) is 39.4 Å². The Morgan fingerprint density at radius 1 is 1.13 bits per heavy atom. The Kier molecular flexibility index (Phi) is 8.38. The molecule has 1 N–H and O–H groups in total. The number of hydrogen-bond acceptors (Lipinski definition) is 9. The number of nitrogens with zero attached hydrogens (tertiary/aromatic N) is 4. The third kappa shape index (κ3) is 6.90. The smallest absolute Gasteiger partial charge is 0.249 e. The number of pyridine rings is 1. The van der Waals surface area contributed by atoms with E-state index in [0.717, 1.165) is 6.26 Å². The maximum atomic E-state index is 15.4. The molecule has 0 radical (unpaired) electrons. The highest BCUT2D eigenvalue weighted by atomic mass is 35.5. The minimum Gasteiger partial charge on any atom is -0.453 e. The molecule has 0 saturated heterocycles. The van der Waals surface area contributed by atoms with Gasteiger partial charge in [-0.3, -0.25) is 0 Å². The number of rotatable bonds is 9. The van der Waals surface area contributed by atoms with Crippen LogP contribution in [-0.2, 0) is 16.3 Å². The van der Waals surface area contributed by atoms with Gasteiger partial charge in [0.1, 0.15) is 21.4 Å². The SMILES string of the molecule is CS(=O)(=O)CCNc1cc(-c2nnc(Cc3ccc(Cl)c(Oc4cc(Cl)cc(C#N)c4)c3F)o2)c(Cl)cn1. The number of aromatic nitrogens is 3. The second-order valence-corrected chi connectivity index (χ2v) is 11.5. The number of anilines is 1. The number of ether oxygens (including phenoxy) is 1. The van der Waals surface area contributed by atoms with Gasteiger partial charge >= 0.3 is 0 Å². The predicted molar refractivity (Wildman–Crippen MR) is 141 cm³/mol. The molecule has 0 saturated carbocycles. The van der Waals surface area contributed by atoms with Crippen LogP contribution >= 0.6 is 34.8 Å². The van der Waals surface area contributed by atoms with Crippen molar-refractivity contribution in [1.82, 2.24) is 15.2 Å². The van der Waals surface area contributed by atoms with Crippen LogP contribution in [0.1, 0.15) is 17.0 Å². The van der Waals surface area contributed by atoms with Crippen LogP contribution in [0.25, 0.3) is 11.5 Å². The van der Waals surface area contributed by atoms with Gasteiger partial charge in [0.25, 0.3) is 0 Å². The van der Waals surface area contributed by atoms with E-state index in [1.54, 1.807) is 0 Å². The highest BCUT2D eigenvalue weighted by molar-refractivity contribution is 7.90. The molecule has 0 spiro atoms. The molecule has 0 aliphatic rings. The van der Waals surface area contributed by atoms with E-state index in [2.05, 4.69) is 20.5 Å². The Bertz CT molecular complexity index is 1660. The summed E-state index contributed by atoms with van der Waals surface area (Å²) < 4.78 is 49.4. The molecule has 0 fully saturated rings. The summed E-state index contributed by atoms with van der Waals surface area (Å²) in [7, 11) is -3.15. The van der Waals surface area contributed by atoms with Gasteiger partial charge in [-0.15, -0.1) is 10.2 Å². The van der Waals surface area contributed by atoms with Crippen LogP contribution in [0.5, 0.6) is 11.5 Å². The predicted octanol–water partition coefficient (Wildman–Crippen LogP) is 5.94. The van der Waals surface area contributed by atoms with Crippen LogP contribution in [0, 0.1) is 17.1 Å². The fourth-order valence-electron chi connectivity index (χ4n) is 3.27. The van der Waals surface area contributed by atoms with Crippen molar-refractivity contribution in [3.8, 4) is 29.0 Å². The second-order valence-electron chi connectivity index (χ2n) is 8.02. The van der Waals surface area contributed by atoms with Gasteiger partial charge < -0.3 is 14.5 Å². The Hall–Kier alpha value is -3.43. The normalized spacial score (nSPS) is 11.3. The van der Waals surface area contributed by atoms with Crippen molar-refractivity contribution in [3.63, 3.8) is 0 Å². The summed E-state index contributed by atoms with van der Waals surface area (Å²) in [6.07, 6.45) is 2.41. The lowest BCUT2D eigenvalue weighted by atomic mass is 10.1. The zero-order valence-corrected chi connectivity index (χ0v) is 22.6. The number of halogens is 4. The second kappa shape index (κ2) is 11.5. The lowest BCUT2D eigenvalue weighted by Gasteiger charge is -2.12. The number of sulfone groups is 1. The molecule has 2 aromatic carbocycles. The molecule has 2 heterocycles. The fourth-order valence-corrected chi connectivity index (χ4v) is 4.33. The van der Waals surface area contributed by atoms with Crippen LogP contribution in [0.3, 0.4) is 0 Å². The van der Waals surface area contributed by atoms with E-state index in [9.17, 15) is 8.42 Å². The van der Waals surface area contributed by atoms with Crippen molar-refractivity contribution in [2.24, 2.45) is 0 Å². The van der Waals surface area contributed by atoms with E-state index in [0.29, 0.717) is 11.4 Å². The Labute approximate surface area is 232 Å². The fraction of sp³-hybridized carbons (Fsp3) is 0.167. The average Bonchev–Trinajstić information content (AvgIpc) is 3.32. The lowest BCUT2D eigenvalue weighted by molar-refractivity contribution is 0.437. The topological polar surface area (TPSA) is 131 Å². The van der Waals surface area contributed by atoms with Crippen molar-refractivity contribution in [3.05, 3.63) is 80.5 Å². The van der Waals surface area contributed by atoms with Crippen molar-refractivity contribution in [2.45, 2.75) is 6.42 Å². The average molecular weight is 597 g/mol. The van der Waals surface area contributed by atoms with E-state index in [1.165, 1.54) is 42.6 Å². The Morgan fingerprint density at radius 3 is 2.66 bits per heavy atom. The van der Waals surface area contributed by atoms with Crippen molar-refractivity contribution in [1.29, 1.82) is 5.26 Å². The van der Waals surface area contributed by atoms with Crippen LogP contribution in [0.4, 0.5) is 10.2 Å². The molecule has 38 heavy (non-hydrogen) atoms. The van der Waals surface area contributed by atoms with Gasteiger partial charge in [0.2, 0.25) is 11.8 Å². The van der Waals surface area contributed by atoms with Gasteiger partial charge in [-0.1, -0.05) is 40.9 Å². The first kappa shape index (κ1) is 27.6. The third-order valence-corrected chi connectivity index (χ3v) is 6.79. The first-order chi connectivity index (χ1) is 18.0. The summed E-state index contributed by atoms with van der Waals surface area (Å²) in [5.41, 5.74) is 0.755. The van der Waals surface area contributed by atoms with Crippen LogP contribution in [-0.4, -0.2) is 42.2 Å². The van der Waals surface area contributed by atoms with Crippen LogP contribution in [0.15, 0.2) is 47.0 Å². The number of nitriles is 1. The standard InChI is InChI=1S/C24H17Cl3FN5O4S/c1-38(34,35)5-4-30-20-10-17(19(27)12-31-20)24-33-32-21(37-24)8-14-2-3-18(26)23(22(14)28)36-16-7-13(11-29)6-15(25)9-16/h2-3,6-7,9-10,12H,4-5,8H2,1H3,(H,30,31). The Balaban J connectivity index is 1.55. The van der Waals surface area contributed by atoms with Gasteiger partial charge in [-0.25, -0.2) is 17.8 Å². The number of hydrogen-bond donors (Lipinski definition) is 1. The molecule has 2 aromatic heterocycles. The molecule has 0 aliphatic carbocycles. The molecular formula is C24H17Cl3FN5O4S. The van der Waals surface area contributed by atoms with Crippen molar-refractivity contribution < 1.29 is 22.0 Å². The van der Waals surface area contributed by atoms with E-state index < -0.39 is 15.7 Å². The summed E-state index contributed by atoms with van der Waals surface area (Å²) in [6.45, 7) is 0.148. The summed E-state index contributed by atoms with van der Waals surface area (Å²) in [5, 5.41) is 20.5. The molecule has 14 heteroatoms. The van der Waals surface area contributed by atoms with Gasteiger partial charge in [-0.05, 0) is 30.3 Å². The molecular weight excluding hydrogens is 580 g/mol. The molecule has 0 bridgehead atoms. The first-order valence-corrected chi connectivity index (χ1v) is 14.0. The van der Waals surface area contributed by atoms with Gasteiger partial charge in [0, 0.05) is 29.6 Å². The first-order valence-electron chi connectivity index (χ1n) is 10.8. The van der Waals surface area contributed by atoms with Crippen LogP contribution < -0.4 is 10.1 Å². The molecule has 196 valence electrons. The van der Waals surface area contributed by atoms with Crippen molar-refractivity contribution in [2.75, 3.05) is 23.9 Å². The quantitative estimate of drug-likeness (QED) is 0.249. The minimum atomic E-state index is -3.15. The zero-order chi connectivity index (χ0) is 27.4. The number of nitrogens with one attached hydrogen (secondary N) is 1. The molecule has 9 nitrogen and oxygen atoms in total. The summed E-state index contributed by atoms with van der Waals surface area (Å²) in [5.74, 6) is -0.438. The lowest BCUT2D eigenvalue weighted by Crippen LogP contribution is -2.14. The summed E-state index contributed by atoms with van der Waals surface area (Å²) in [6, 6.07) is 10.7. The molecule has 4 aromatic rings. The maximum absolute atomic E-state index is 15.4. The molecule has 0 amide bonds. The molecule has 0 aliphatic heterocycles. The maximum Gasteiger partial charge on any atom is 0.249 e. The highest BCUT2D eigenvalue weighted by Crippen LogP contribution is 2.36. The largest absolute Gasteiger partial charge is 0.453 e. The summed E-state index contributed by atoms with van der Waals surface area (Å²) in [4.78, 5) is 4.11. The summed E-state index contributed by atoms with van der Waals surface area (Å²) >= 11 is 18.4. The molecule has 0 unspecified atom stereocenters. The van der Waals surface area contributed by atoms with E-state index in [-0.39, 0.29) is 68.2 Å². The van der Waals surface area contributed by atoms with E-state index >= 15 is 4.39 Å².